The van der Waals surface area contributed by atoms with Crippen LogP contribution in [0.25, 0.3) is 34.2 Å². The molecule has 0 spiro atoms. The van der Waals surface area contributed by atoms with E-state index in [1.54, 1.807) is 6.20 Å². The van der Waals surface area contributed by atoms with Crippen LogP contribution in [0.5, 0.6) is 0 Å². The minimum atomic E-state index is -0.399. The number of nitrogens with one attached hydrogen (secondary N) is 2. The van der Waals surface area contributed by atoms with Crippen LogP contribution in [0, 0.1) is 11.9 Å². The molecule has 0 bridgehead atoms. The van der Waals surface area contributed by atoms with Crippen LogP contribution >= 0.6 is 0 Å². The second kappa shape index (κ2) is 9.18. The van der Waals surface area contributed by atoms with Gasteiger partial charge in [-0.05, 0) is 70.4 Å². The van der Waals surface area contributed by atoms with E-state index < -0.39 is 5.95 Å². The van der Waals surface area contributed by atoms with Gasteiger partial charge in [0, 0.05) is 12.4 Å². The van der Waals surface area contributed by atoms with E-state index in [-0.39, 0.29) is 0 Å². The summed E-state index contributed by atoms with van der Waals surface area (Å²) in [6.07, 6.45) is 11.1. The molecule has 0 saturated heterocycles. The molecule has 0 atom stereocenters. The lowest BCUT2D eigenvalue weighted by atomic mass is 9.73. The highest BCUT2D eigenvalue weighted by Gasteiger charge is 2.27. The Labute approximate surface area is 203 Å². The van der Waals surface area contributed by atoms with E-state index in [0.29, 0.717) is 16.8 Å². The van der Waals surface area contributed by atoms with Crippen molar-refractivity contribution in [3.05, 3.63) is 119 Å². The Hall–Kier alpha value is -4.25. The zero-order chi connectivity index (χ0) is 23.6. The second-order valence-electron chi connectivity index (χ2n) is 8.98. The number of aromatic nitrogens is 4. The molecule has 1 fully saturated rings. The highest BCUT2D eigenvalue weighted by molar-refractivity contribution is 6.01. The average Bonchev–Trinajstić information content (AvgIpc) is 3.52. The van der Waals surface area contributed by atoms with Gasteiger partial charge in [-0.2, -0.15) is 9.49 Å². The molecule has 1 aliphatic carbocycles. The maximum atomic E-state index is 14.5. The Morgan fingerprint density at radius 1 is 0.886 bits per heavy atom. The topological polar surface area (TPSA) is 57.4 Å². The van der Waals surface area contributed by atoms with Gasteiger partial charge in [0.1, 0.15) is 5.82 Å². The molecule has 2 aromatic heterocycles. The summed E-state index contributed by atoms with van der Waals surface area (Å²) in [5.74, 6) is 0.904. The minimum absolute atomic E-state index is 0.399. The van der Waals surface area contributed by atoms with E-state index >= 15 is 0 Å². The summed E-state index contributed by atoms with van der Waals surface area (Å²) in [6, 6.07) is 25.0. The highest BCUT2D eigenvalue weighted by atomic mass is 19.1. The van der Waals surface area contributed by atoms with E-state index in [0.717, 1.165) is 28.1 Å². The van der Waals surface area contributed by atoms with Crippen LogP contribution in [0.3, 0.4) is 0 Å². The zero-order valence-electron chi connectivity index (χ0n) is 19.2. The molecule has 172 valence electrons. The van der Waals surface area contributed by atoms with E-state index in [1.807, 2.05) is 30.5 Å². The summed E-state index contributed by atoms with van der Waals surface area (Å²) in [4.78, 5) is 7.34. The quantitative estimate of drug-likeness (QED) is 0.260. The van der Waals surface area contributed by atoms with Gasteiger partial charge in [0.05, 0.1) is 10.9 Å². The molecular formula is C30H25FN4. The van der Waals surface area contributed by atoms with Crippen molar-refractivity contribution in [3.8, 4) is 0 Å². The third-order valence-electron chi connectivity index (χ3n) is 6.82. The zero-order valence-corrected chi connectivity index (χ0v) is 19.2. The van der Waals surface area contributed by atoms with Crippen LogP contribution in [-0.4, -0.2) is 20.2 Å². The van der Waals surface area contributed by atoms with Crippen molar-refractivity contribution in [1.82, 2.24) is 20.2 Å². The number of hydrogen-bond donors (Lipinski definition) is 2. The number of rotatable bonds is 6. The van der Waals surface area contributed by atoms with Crippen molar-refractivity contribution in [2.45, 2.75) is 19.3 Å². The molecule has 1 saturated carbocycles. The number of imidazole rings is 1. The molecular weight excluding hydrogens is 435 g/mol. The highest BCUT2D eigenvalue weighted by Crippen LogP contribution is 2.45. The Morgan fingerprint density at radius 2 is 1.69 bits per heavy atom. The van der Waals surface area contributed by atoms with Crippen LogP contribution in [0.1, 0.15) is 47.3 Å². The Kier molecular flexibility index (Phi) is 5.59. The van der Waals surface area contributed by atoms with Crippen LogP contribution in [0.4, 0.5) is 4.39 Å². The molecule has 6 rings (SSSR count). The molecule has 0 radical (unpaired) electrons. The van der Waals surface area contributed by atoms with Crippen LogP contribution in [0.2, 0.25) is 0 Å². The molecule has 2 heterocycles. The first-order chi connectivity index (χ1) is 17.3. The Bertz CT molecular complexity index is 1510. The number of allylic oxidation sites excluding steroid dienone is 1. The normalized spacial score (nSPS) is 14.9. The van der Waals surface area contributed by atoms with Crippen molar-refractivity contribution >= 4 is 34.2 Å². The van der Waals surface area contributed by atoms with Crippen LogP contribution in [0.15, 0.2) is 85.2 Å². The first kappa shape index (κ1) is 21.3. The Morgan fingerprint density at radius 3 is 2.40 bits per heavy atom. The van der Waals surface area contributed by atoms with Gasteiger partial charge in [-0.3, -0.25) is 5.10 Å². The predicted octanol–water partition coefficient (Wildman–Crippen LogP) is 7.35. The molecule has 35 heavy (non-hydrogen) atoms. The van der Waals surface area contributed by atoms with Gasteiger partial charge in [0.25, 0.3) is 0 Å². The van der Waals surface area contributed by atoms with Crippen LogP contribution < -0.4 is 0 Å². The van der Waals surface area contributed by atoms with E-state index in [1.165, 1.54) is 30.4 Å². The number of halogens is 1. The molecule has 5 aromatic rings. The van der Waals surface area contributed by atoms with Gasteiger partial charge in [0.2, 0.25) is 5.95 Å². The molecule has 1 aliphatic rings. The smallest absolute Gasteiger partial charge is 0.216 e. The lowest BCUT2D eigenvalue weighted by Crippen LogP contribution is -2.15. The van der Waals surface area contributed by atoms with Crippen molar-refractivity contribution in [2.75, 3.05) is 0 Å². The van der Waals surface area contributed by atoms with Crippen molar-refractivity contribution < 1.29 is 4.39 Å². The minimum Gasteiger partial charge on any atom is -0.345 e. The van der Waals surface area contributed by atoms with Crippen molar-refractivity contribution in [2.24, 2.45) is 5.92 Å². The summed E-state index contributed by atoms with van der Waals surface area (Å²) in [7, 11) is 0. The fourth-order valence-electron chi connectivity index (χ4n) is 4.82. The van der Waals surface area contributed by atoms with E-state index in [2.05, 4.69) is 80.8 Å². The van der Waals surface area contributed by atoms with Gasteiger partial charge in [-0.15, -0.1) is 0 Å². The van der Waals surface area contributed by atoms with Gasteiger partial charge >= 0.3 is 0 Å². The monoisotopic (exact) mass is 460 g/mol. The lowest BCUT2D eigenvalue weighted by Gasteiger charge is -2.31. The molecule has 0 amide bonds. The molecule has 5 heteroatoms. The Balaban J connectivity index is 1.51. The van der Waals surface area contributed by atoms with E-state index in [9.17, 15) is 4.39 Å². The number of aromatic amines is 2. The maximum absolute atomic E-state index is 14.5. The predicted molar refractivity (Wildman–Crippen MR) is 140 cm³/mol. The fraction of sp³-hybridized carbons (Fsp3) is 0.133. The average molecular weight is 461 g/mol. The summed E-state index contributed by atoms with van der Waals surface area (Å²) >= 11 is 0. The first-order valence-electron chi connectivity index (χ1n) is 12.0. The lowest BCUT2D eigenvalue weighted by molar-refractivity contribution is 0.401. The molecule has 0 aliphatic heterocycles. The molecule has 4 nitrogen and oxygen atoms in total. The number of fused-ring (bicyclic) bond motifs is 1. The van der Waals surface area contributed by atoms with Gasteiger partial charge in [-0.25, -0.2) is 4.98 Å². The third kappa shape index (κ3) is 4.21. The summed E-state index contributed by atoms with van der Waals surface area (Å²) in [5.41, 5.74) is 7.56. The fourth-order valence-corrected chi connectivity index (χ4v) is 4.82. The van der Waals surface area contributed by atoms with Gasteiger partial charge < -0.3 is 4.98 Å². The second-order valence-corrected chi connectivity index (χ2v) is 8.98. The summed E-state index contributed by atoms with van der Waals surface area (Å²) < 4.78 is 14.5. The largest absolute Gasteiger partial charge is 0.345 e. The van der Waals surface area contributed by atoms with E-state index in [4.69, 9.17) is 0 Å². The number of H-pyrrole nitrogens is 2. The summed E-state index contributed by atoms with van der Waals surface area (Å²) in [5, 5.41) is 7.07. The number of nitrogens with zero attached hydrogens (tertiary/aromatic N) is 2. The van der Waals surface area contributed by atoms with Crippen molar-refractivity contribution in [3.63, 3.8) is 0 Å². The number of hydrogen-bond acceptors (Lipinski definition) is 2. The molecule has 3 aromatic carbocycles. The number of benzene rings is 3. The van der Waals surface area contributed by atoms with Crippen LogP contribution in [-0.2, 0) is 0 Å². The maximum Gasteiger partial charge on any atom is 0.216 e. The van der Waals surface area contributed by atoms with Crippen molar-refractivity contribution in [1.29, 1.82) is 0 Å². The standard InChI is InChI=1S/C30H25FN4/c31-30-25-19-24(14-15-26(25)34-35-30)29(28(22-7-4-8-22)21-5-2-1-3-6-21)23-12-9-20(10-13-23)11-16-27-32-17-18-33-27/h1-3,5-6,9-19,22H,4,7-8H2,(H,32,33)(H,34,35)/b16-11+,29-28?. The van der Waals surface area contributed by atoms with Gasteiger partial charge in [0.15, 0.2) is 0 Å². The first-order valence-corrected chi connectivity index (χ1v) is 12.0. The SMILES string of the molecule is Fc1[nH]nc2ccc(C(=C(c3ccccc3)C3CCC3)c3ccc(/C=C/c4ncc[nH]4)cc3)cc12. The molecule has 2 N–H and O–H groups in total. The molecule has 0 unspecified atom stereocenters. The van der Waals surface area contributed by atoms with Gasteiger partial charge in [-0.1, -0.05) is 73.2 Å². The third-order valence-corrected chi connectivity index (χ3v) is 6.82. The summed E-state index contributed by atoms with van der Waals surface area (Å²) in [6.45, 7) is 0.